The number of benzene rings is 2. The molecule has 0 aliphatic carbocycles. The van der Waals surface area contributed by atoms with Gasteiger partial charge in [0.15, 0.2) is 0 Å². The normalized spacial score (nSPS) is 16.9. The highest BCUT2D eigenvalue weighted by Crippen LogP contribution is 2.24. The number of para-hydroxylation sites is 2. The van der Waals surface area contributed by atoms with Gasteiger partial charge in [-0.2, -0.15) is 4.31 Å². The SMILES string of the molecule is CCOc1ccccc1NC(=O)[C@@H](C)N1CCN(S(=O)(=O)c2ccccc2)CC1. The van der Waals surface area contributed by atoms with Crippen molar-refractivity contribution in [1.29, 1.82) is 0 Å². The van der Waals surface area contributed by atoms with E-state index in [2.05, 4.69) is 5.32 Å². The van der Waals surface area contributed by atoms with E-state index in [-0.39, 0.29) is 11.9 Å². The highest BCUT2D eigenvalue weighted by Gasteiger charge is 2.31. The van der Waals surface area contributed by atoms with Gasteiger partial charge in [-0.25, -0.2) is 8.42 Å². The average molecular weight is 418 g/mol. The van der Waals surface area contributed by atoms with Crippen LogP contribution in [-0.4, -0.2) is 62.4 Å². The van der Waals surface area contributed by atoms with E-state index in [4.69, 9.17) is 4.74 Å². The number of carbonyl (C=O) groups excluding carboxylic acids is 1. The van der Waals surface area contributed by atoms with E-state index in [1.165, 1.54) is 4.31 Å². The van der Waals surface area contributed by atoms with Gasteiger partial charge in [-0.3, -0.25) is 9.69 Å². The van der Waals surface area contributed by atoms with Crippen LogP contribution in [0.5, 0.6) is 5.75 Å². The minimum Gasteiger partial charge on any atom is -0.492 e. The van der Waals surface area contributed by atoms with Gasteiger partial charge in [-0.1, -0.05) is 30.3 Å². The predicted octanol–water partition coefficient (Wildman–Crippen LogP) is 2.42. The Labute approximate surface area is 172 Å². The summed E-state index contributed by atoms with van der Waals surface area (Å²) in [4.78, 5) is 15.0. The van der Waals surface area contributed by atoms with Crippen LogP contribution in [0.3, 0.4) is 0 Å². The first kappa shape index (κ1) is 21.3. The second kappa shape index (κ2) is 9.39. The summed E-state index contributed by atoms with van der Waals surface area (Å²) in [6, 6.07) is 15.4. The number of hydrogen-bond acceptors (Lipinski definition) is 5. The molecule has 1 aliphatic rings. The fourth-order valence-corrected chi connectivity index (χ4v) is 4.77. The van der Waals surface area contributed by atoms with Crippen LogP contribution in [-0.2, 0) is 14.8 Å². The van der Waals surface area contributed by atoms with Crippen LogP contribution < -0.4 is 10.1 Å². The van der Waals surface area contributed by atoms with Gasteiger partial charge in [-0.05, 0) is 38.1 Å². The van der Waals surface area contributed by atoms with E-state index >= 15 is 0 Å². The molecule has 0 saturated carbocycles. The number of piperazine rings is 1. The maximum atomic E-state index is 12.8. The average Bonchev–Trinajstić information content (AvgIpc) is 2.75. The number of hydrogen-bond donors (Lipinski definition) is 1. The molecule has 1 aliphatic heterocycles. The molecule has 0 spiro atoms. The van der Waals surface area contributed by atoms with Gasteiger partial charge in [0.05, 0.1) is 23.2 Å². The fourth-order valence-electron chi connectivity index (χ4n) is 3.33. The zero-order chi connectivity index (χ0) is 20.9. The largest absolute Gasteiger partial charge is 0.492 e. The third-order valence-corrected chi connectivity index (χ3v) is 6.94. The van der Waals surface area contributed by atoms with Crippen LogP contribution >= 0.6 is 0 Å². The molecule has 0 aromatic heterocycles. The van der Waals surface area contributed by atoms with Gasteiger partial charge in [0, 0.05) is 26.2 Å². The molecule has 0 radical (unpaired) electrons. The van der Waals surface area contributed by atoms with Crippen LogP contribution in [0.2, 0.25) is 0 Å². The van der Waals surface area contributed by atoms with E-state index in [0.29, 0.717) is 49.1 Å². The number of rotatable bonds is 7. The van der Waals surface area contributed by atoms with E-state index in [1.54, 1.807) is 36.4 Å². The van der Waals surface area contributed by atoms with E-state index in [1.807, 2.05) is 36.9 Å². The molecule has 29 heavy (non-hydrogen) atoms. The monoisotopic (exact) mass is 417 g/mol. The van der Waals surface area contributed by atoms with Gasteiger partial charge in [0.2, 0.25) is 15.9 Å². The van der Waals surface area contributed by atoms with Crippen molar-refractivity contribution in [3.8, 4) is 5.75 Å². The highest BCUT2D eigenvalue weighted by atomic mass is 32.2. The Morgan fingerprint density at radius 3 is 2.31 bits per heavy atom. The minimum atomic E-state index is -3.50. The number of carbonyl (C=O) groups is 1. The summed E-state index contributed by atoms with van der Waals surface area (Å²) >= 11 is 0. The zero-order valence-electron chi connectivity index (χ0n) is 16.7. The Bertz CT molecular complexity index is 926. The molecule has 2 aromatic rings. The summed E-state index contributed by atoms with van der Waals surface area (Å²) < 4.78 is 32.5. The lowest BCUT2D eigenvalue weighted by atomic mass is 10.2. The van der Waals surface area contributed by atoms with Crippen molar-refractivity contribution in [1.82, 2.24) is 9.21 Å². The molecule has 1 N–H and O–H groups in total. The molecule has 1 fully saturated rings. The Morgan fingerprint density at radius 1 is 1.03 bits per heavy atom. The van der Waals surface area contributed by atoms with Crippen molar-refractivity contribution in [3.05, 3.63) is 54.6 Å². The van der Waals surface area contributed by atoms with E-state index in [0.717, 1.165) is 0 Å². The van der Waals surface area contributed by atoms with E-state index < -0.39 is 10.0 Å². The molecule has 7 nitrogen and oxygen atoms in total. The Hall–Kier alpha value is -2.42. The number of anilines is 1. The van der Waals surface area contributed by atoms with Gasteiger partial charge < -0.3 is 10.1 Å². The lowest BCUT2D eigenvalue weighted by Crippen LogP contribution is -2.53. The molecule has 0 unspecified atom stereocenters. The van der Waals surface area contributed by atoms with Crippen LogP contribution in [0, 0.1) is 0 Å². The first-order valence-corrected chi connectivity index (χ1v) is 11.2. The molecule has 8 heteroatoms. The maximum Gasteiger partial charge on any atom is 0.243 e. The molecule has 0 bridgehead atoms. The Kier molecular flexibility index (Phi) is 6.89. The van der Waals surface area contributed by atoms with Crippen molar-refractivity contribution in [2.24, 2.45) is 0 Å². The first-order chi connectivity index (χ1) is 13.9. The van der Waals surface area contributed by atoms with Crippen molar-refractivity contribution in [3.63, 3.8) is 0 Å². The predicted molar refractivity (Wildman–Crippen MR) is 112 cm³/mol. The summed E-state index contributed by atoms with van der Waals surface area (Å²) in [7, 11) is -3.50. The summed E-state index contributed by atoms with van der Waals surface area (Å²) in [5.41, 5.74) is 0.636. The van der Waals surface area contributed by atoms with Gasteiger partial charge in [0.25, 0.3) is 0 Å². The fraction of sp³-hybridized carbons (Fsp3) is 0.381. The first-order valence-electron chi connectivity index (χ1n) is 9.75. The van der Waals surface area contributed by atoms with Gasteiger partial charge >= 0.3 is 0 Å². The molecule has 156 valence electrons. The lowest BCUT2D eigenvalue weighted by molar-refractivity contribution is -0.121. The summed E-state index contributed by atoms with van der Waals surface area (Å²) in [6.45, 7) is 5.93. The minimum absolute atomic E-state index is 0.142. The third kappa shape index (κ3) is 4.95. The summed E-state index contributed by atoms with van der Waals surface area (Å²) in [6.07, 6.45) is 0. The zero-order valence-corrected chi connectivity index (χ0v) is 17.6. The molecule has 3 rings (SSSR count). The van der Waals surface area contributed by atoms with Crippen molar-refractivity contribution >= 4 is 21.6 Å². The number of amides is 1. The van der Waals surface area contributed by atoms with Crippen molar-refractivity contribution < 1.29 is 17.9 Å². The molecule has 1 amide bonds. The van der Waals surface area contributed by atoms with Crippen LogP contribution in [0.15, 0.2) is 59.5 Å². The summed E-state index contributed by atoms with van der Waals surface area (Å²) in [5.74, 6) is 0.492. The van der Waals surface area contributed by atoms with Crippen LogP contribution in [0.25, 0.3) is 0 Å². The third-order valence-electron chi connectivity index (χ3n) is 5.03. The molecule has 2 aromatic carbocycles. The Morgan fingerprint density at radius 2 is 1.66 bits per heavy atom. The topological polar surface area (TPSA) is 79.0 Å². The Balaban J connectivity index is 1.60. The molecule has 1 saturated heterocycles. The second-order valence-corrected chi connectivity index (χ2v) is 8.79. The molecular weight excluding hydrogens is 390 g/mol. The highest BCUT2D eigenvalue weighted by molar-refractivity contribution is 7.89. The van der Waals surface area contributed by atoms with E-state index in [9.17, 15) is 13.2 Å². The maximum absolute atomic E-state index is 12.8. The number of ether oxygens (including phenoxy) is 1. The summed E-state index contributed by atoms with van der Waals surface area (Å²) in [5, 5.41) is 2.92. The quantitative estimate of drug-likeness (QED) is 0.749. The molecular formula is C21H27N3O4S. The number of sulfonamides is 1. The van der Waals surface area contributed by atoms with Crippen LogP contribution in [0.1, 0.15) is 13.8 Å². The molecule has 1 heterocycles. The van der Waals surface area contributed by atoms with Gasteiger partial charge in [0.1, 0.15) is 5.75 Å². The number of nitrogens with one attached hydrogen (secondary N) is 1. The van der Waals surface area contributed by atoms with Crippen molar-refractivity contribution in [2.75, 3.05) is 38.1 Å². The van der Waals surface area contributed by atoms with Crippen molar-refractivity contribution in [2.45, 2.75) is 24.8 Å². The lowest BCUT2D eigenvalue weighted by Gasteiger charge is -2.36. The van der Waals surface area contributed by atoms with Gasteiger partial charge in [-0.15, -0.1) is 0 Å². The molecule has 1 atom stereocenters. The standard InChI is InChI=1S/C21H27N3O4S/c1-3-28-20-12-8-7-11-19(20)22-21(25)17(2)23-13-15-24(16-14-23)29(26,27)18-9-5-4-6-10-18/h4-12,17H,3,13-16H2,1-2H3,(H,22,25)/t17-/m1/s1. The smallest absolute Gasteiger partial charge is 0.243 e. The van der Waals surface area contributed by atoms with Crippen LogP contribution in [0.4, 0.5) is 5.69 Å². The second-order valence-electron chi connectivity index (χ2n) is 6.85. The number of nitrogens with zero attached hydrogens (tertiary/aromatic N) is 2.